The van der Waals surface area contributed by atoms with E-state index in [1.54, 1.807) is 4.31 Å². The number of nitrogens with zero attached hydrogens (tertiary/aromatic N) is 3. The van der Waals surface area contributed by atoms with Crippen LogP contribution in [0.15, 0.2) is 23.2 Å². The zero-order chi connectivity index (χ0) is 14.8. The molecule has 1 fully saturated rings. The molecule has 0 amide bonds. The summed E-state index contributed by atoms with van der Waals surface area (Å²) in [6.07, 6.45) is 2.97. The molecule has 0 aromatic carbocycles. The van der Waals surface area contributed by atoms with E-state index in [4.69, 9.17) is 11.6 Å². The van der Waals surface area contributed by atoms with E-state index < -0.39 is 10.0 Å². The largest absolute Gasteiger partial charge is 0.305 e. The smallest absolute Gasteiger partial charge is 0.244 e. The van der Waals surface area contributed by atoms with E-state index in [0.717, 1.165) is 25.9 Å². The van der Waals surface area contributed by atoms with Gasteiger partial charge in [-0.25, -0.2) is 13.4 Å². The van der Waals surface area contributed by atoms with E-state index in [2.05, 4.69) is 9.88 Å². The Morgan fingerprint density at radius 1 is 1.40 bits per heavy atom. The van der Waals surface area contributed by atoms with Gasteiger partial charge in [0.2, 0.25) is 10.0 Å². The summed E-state index contributed by atoms with van der Waals surface area (Å²) in [4.78, 5) is 6.28. The van der Waals surface area contributed by atoms with Crippen LogP contribution in [-0.4, -0.2) is 55.3 Å². The fourth-order valence-electron chi connectivity index (χ4n) is 2.52. The van der Waals surface area contributed by atoms with Crippen molar-refractivity contribution in [2.45, 2.75) is 30.7 Å². The van der Waals surface area contributed by atoms with Crippen molar-refractivity contribution in [2.24, 2.45) is 0 Å². The van der Waals surface area contributed by atoms with Gasteiger partial charge in [0.25, 0.3) is 0 Å². The molecule has 2 heterocycles. The highest BCUT2D eigenvalue weighted by Gasteiger charge is 2.32. The normalized spacial score (nSPS) is 22.6. The van der Waals surface area contributed by atoms with E-state index in [0.29, 0.717) is 11.7 Å². The molecule has 7 heteroatoms. The van der Waals surface area contributed by atoms with Crippen LogP contribution in [0, 0.1) is 0 Å². The van der Waals surface area contributed by atoms with Gasteiger partial charge >= 0.3 is 0 Å². The lowest BCUT2D eigenvalue weighted by Crippen LogP contribution is -2.43. The van der Waals surface area contributed by atoms with Crippen molar-refractivity contribution in [1.82, 2.24) is 14.2 Å². The van der Waals surface area contributed by atoms with Crippen molar-refractivity contribution in [3.8, 4) is 0 Å². The van der Waals surface area contributed by atoms with Crippen LogP contribution in [0.4, 0.5) is 0 Å². The molecule has 20 heavy (non-hydrogen) atoms. The SMILES string of the molecule is CCC1CN(C)CCCN1S(=O)(=O)c1ccc(Cl)nc1. The second kappa shape index (κ2) is 6.39. The van der Waals surface area contributed by atoms with Crippen LogP contribution >= 0.6 is 11.6 Å². The molecule has 1 aliphatic rings. The Kier molecular flexibility index (Phi) is 5.01. The molecule has 0 aliphatic carbocycles. The number of hydrogen-bond acceptors (Lipinski definition) is 4. The summed E-state index contributed by atoms with van der Waals surface area (Å²) in [5.41, 5.74) is 0. The third kappa shape index (κ3) is 3.31. The van der Waals surface area contributed by atoms with Crippen molar-refractivity contribution in [1.29, 1.82) is 0 Å². The summed E-state index contributed by atoms with van der Waals surface area (Å²) in [6, 6.07) is 3.04. The van der Waals surface area contributed by atoms with E-state index in [-0.39, 0.29) is 10.9 Å². The number of aromatic nitrogens is 1. The van der Waals surface area contributed by atoms with Gasteiger partial charge in [0.1, 0.15) is 10.0 Å². The lowest BCUT2D eigenvalue weighted by Gasteiger charge is -2.29. The molecule has 0 bridgehead atoms. The molecule has 0 N–H and O–H groups in total. The Balaban J connectivity index is 2.33. The fraction of sp³-hybridized carbons (Fsp3) is 0.615. The van der Waals surface area contributed by atoms with Gasteiger partial charge < -0.3 is 4.90 Å². The van der Waals surface area contributed by atoms with Crippen LogP contribution in [0.2, 0.25) is 5.15 Å². The maximum absolute atomic E-state index is 12.8. The lowest BCUT2D eigenvalue weighted by atomic mass is 10.2. The van der Waals surface area contributed by atoms with Crippen LogP contribution in [0.25, 0.3) is 0 Å². The zero-order valence-electron chi connectivity index (χ0n) is 11.8. The molecule has 1 aromatic rings. The standard InChI is InChI=1S/C13H20ClN3O2S/c1-3-11-10-16(2)7-4-8-17(11)20(18,19)12-5-6-13(14)15-9-12/h5-6,9,11H,3-4,7-8,10H2,1-2H3. The number of likely N-dealkylation sites (N-methyl/N-ethyl adjacent to an activating group) is 1. The monoisotopic (exact) mass is 317 g/mol. The minimum atomic E-state index is -3.50. The lowest BCUT2D eigenvalue weighted by molar-refractivity contribution is 0.270. The number of rotatable bonds is 3. The molecular weight excluding hydrogens is 298 g/mol. The van der Waals surface area contributed by atoms with Crippen molar-refractivity contribution in [3.05, 3.63) is 23.5 Å². The molecule has 2 rings (SSSR count). The molecule has 1 aromatic heterocycles. The molecule has 0 radical (unpaired) electrons. The minimum absolute atomic E-state index is 0.00294. The summed E-state index contributed by atoms with van der Waals surface area (Å²) in [5.74, 6) is 0. The number of halogens is 1. The first-order valence-electron chi connectivity index (χ1n) is 6.77. The van der Waals surface area contributed by atoms with Gasteiger partial charge in [-0.3, -0.25) is 0 Å². The molecule has 0 saturated carbocycles. The van der Waals surface area contributed by atoms with Crippen LogP contribution in [0.5, 0.6) is 0 Å². The van der Waals surface area contributed by atoms with Crippen LogP contribution < -0.4 is 0 Å². The molecule has 1 aliphatic heterocycles. The number of sulfonamides is 1. The first-order chi connectivity index (χ1) is 9.45. The summed E-state index contributed by atoms with van der Waals surface area (Å²) in [6.45, 7) is 4.25. The predicted octanol–water partition coefficient (Wildman–Crippen LogP) is 1.84. The Morgan fingerprint density at radius 3 is 2.75 bits per heavy atom. The van der Waals surface area contributed by atoms with Crippen LogP contribution in [0.3, 0.4) is 0 Å². The first-order valence-corrected chi connectivity index (χ1v) is 8.59. The van der Waals surface area contributed by atoms with Gasteiger partial charge in [-0.15, -0.1) is 0 Å². The minimum Gasteiger partial charge on any atom is -0.305 e. The Hall–Kier alpha value is -0.690. The maximum Gasteiger partial charge on any atom is 0.244 e. The van der Waals surface area contributed by atoms with Crippen LogP contribution in [0.1, 0.15) is 19.8 Å². The van der Waals surface area contributed by atoms with Gasteiger partial charge in [-0.1, -0.05) is 18.5 Å². The Labute approximate surface area is 125 Å². The van der Waals surface area contributed by atoms with E-state index in [1.165, 1.54) is 18.3 Å². The molecule has 0 spiro atoms. The van der Waals surface area contributed by atoms with Gasteiger partial charge in [0.05, 0.1) is 0 Å². The molecular formula is C13H20ClN3O2S. The Bertz CT molecular complexity index is 547. The summed E-state index contributed by atoms with van der Waals surface area (Å²) < 4.78 is 27.1. The third-order valence-corrected chi connectivity index (χ3v) is 5.79. The number of hydrogen-bond donors (Lipinski definition) is 0. The van der Waals surface area contributed by atoms with Gasteiger partial charge in [0.15, 0.2) is 0 Å². The zero-order valence-corrected chi connectivity index (χ0v) is 13.4. The van der Waals surface area contributed by atoms with Crippen molar-refractivity contribution in [2.75, 3.05) is 26.7 Å². The summed E-state index contributed by atoms with van der Waals surface area (Å²) in [5, 5.41) is 0.298. The maximum atomic E-state index is 12.8. The van der Waals surface area contributed by atoms with Crippen molar-refractivity contribution in [3.63, 3.8) is 0 Å². The molecule has 1 atom stereocenters. The predicted molar refractivity (Wildman–Crippen MR) is 79.3 cm³/mol. The van der Waals surface area contributed by atoms with Gasteiger partial charge in [0, 0.05) is 25.3 Å². The first kappa shape index (κ1) is 15.7. The van der Waals surface area contributed by atoms with E-state index in [1.807, 2.05) is 14.0 Å². The molecule has 1 saturated heterocycles. The highest BCUT2D eigenvalue weighted by atomic mass is 35.5. The Morgan fingerprint density at radius 2 is 2.15 bits per heavy atom. The highest BCUT2D eigenvalue weighted by molar-refractivity contribution is 7.89. The van der Waals surface area contributed by atoms with Gasteiger partial charge in [-0.2, -0.15) is 4.31 Å². The average Bonchev–Trinajstić information content (AvgIpc) is 2.61. The second-order valence-corrected chi connectivity index (χ2v) is 7.39. The van der Waals surface area contributed by atoms with Crippen molar-refractivity contribution < 1.29 is 8.42 Å². The average molecular weight is 318 g/mol. The quantitative estimate of drug-likeness (QED) is 0.798. The molecule has 112 valence electrons. The summed E-state index contributed by atoms with van der Waals surface area (Å²) >= 11 is 5.72. The van der Waals surface area contributed by atoms with Gasteiger partial charge in [-0.05, 0) is 38.6 Å². The van der Waals surface area contributed by atoms with E-state index in [9.17, 15) is 8.42 Å². The van der Waals surface area contributed by atoms with Crippen molar-refractivity contribution >= 4 is 21.6 Å². The third-order valence-electron chi connectivity index (χ3n) is 3.63. The van der Waals surface area contributed by atoms with Crippen LogP contribution in [-0.2, 0) is 10.0 Å². The number of pyridine rings is 1. The molecule has 1 unspecified atom stereocenters. The topological polar surface area (TPSA) is 53.5 Å². The summed E-state index contributed by atoms with van der Waals surface area (Å²) in [7, 11) is -1.47. The second-order valence-electron chi connectivity index (χ2n) is 5.11. The fourth-order valence-corrected chi connectivity index (χ4v) is 4.31. The van der Waals surface area contributed by atoms with E-state index >= 15 is 0 Å². The molecule has 5 nitrogen and oxygen atoms in total. The highest BCUT2D eigenvalue weighted by Crippen LogP contribution is 2.22.